The van der Waals surface area contributed by atoms with Gasteiger partial charge in [-0.05, 0) is 32.9 Å². The number of rotatable bonds is 8. The fourth-order valence-corrected chi connectivity index (χ4v) is 3.62. The Bertz CT molecular complexity index is 944. The maximum Gasteiger partial charge on any atom is 0.513 e. The molecule has 2 atom stereocenters. The van der Waals surface area contributed by atoms with Crippen molar-refractivity contribution in [2.45, 2.75) is 32.9 Å². The van der Waals surface area contributed by atoms with Gasteiger partial charge in [-0.25, -0.2) is 17.7 Å². The summed E-state index contributed by atoms with van der Waals surface area (Å²) >= 11 is 0. The first-order valence-electron chi connectivity index (χ1n) is 8.49. The van der Waals surface area contributed by atoms with E-state index in [1.807, 2.05) is 0 Å². The van der Waals surface area contributed by atoms with E-state index < -0.39 is 60.7 Å². The molecule has 0 fully saturated rings. The van der Waals surface area contributed by atoms with E-state index in [-0.39, 0.29) is 5.75 Å². The molecule has 2 aromatic carbocycles. The summed E-state index contributed by atoms with van der Waals surface area (Å²) in [6.07, 6.45) is -0.549. The number of nitrogens with one attached hydrogen (secondary N) is 1. The zero-order chi connectivity index (χ0) is 22.6. The van der Waals surface area contributed by atoms with Crippen molar-refractivity contribution >= 4 is 13.7 Å². The van der Waals surface area contributed by atoms with Crippen LogP contribution >= 0.6 is 7.75 Å². The number of carbonyl (C=O) groups excluding carboxylic acids is 1. The van der Waals surface area contributed by atoms with Crippen molar-refractivity contribution in [3.05, 3.63) is 59.4 Å². The molecule has 0 amide bonds. The first-order chi connectivity index (χ1) is 13.9. The Morgan fingerprint density at radius 3 is 1.87 bits per heavy atom. The second-order valence-corrected chi connectivity index (χ2v) is 7.85. The summed E-state index contributed by atoms with van der Waals surface area (Å²) in [6, 6.07) is 5.64. The van der Waals surface area contributed by atoms with Crippen LogP contribution in [0.1, 0.15) is 20.8 Å². The highest BCUT2D eigenvalue weighted by Gasteiger charge is 2.38. The van der Waals surface area contributed by atoms with Crippen LogP contribution in [0.2, 0.25) is 0 Å². The van der Waals surface area contributed by atoms with E-state index in [1.165, 1.54) is 45.0 Å². The summed E-state index contributed by atoms with van der Waals surface area (Å²) < 4.78 is 96.0. The Kier molecular flexibility index (Phi) is 7.44. The van der Waals surface area contributed by atoms with E-state index >= 15 is 0 Å². The number of hydrogen-bond donors (Lipinski definition) is 1. The molecule has 30 heavy (non-hydrogen) atoms. The van der Waals surface area contributed by atoms with Gasteiger partial charge in [0.15, 0.2) is 0 Å². The standard InChI is InChI=1S/C18H17F5NO5P/c1-9(2)27-18(25)10(3)24-30(26,28-11-7-5-4-6-8-11)29-17-15(22)13(20)12(19)14(21)16(17)23/h4-10H,1-3H3,(H,24,26)/t10?,30-/m0/s1. The first kappa shape index (κ1) is 23.6. The molecule has 0 saturated carbocycles. The number of benzene rings is 2. The third-order valence-electron chi connectivity index (χ3n) is 3.41. The summed E-state index contributed by atoms with van der Waals surface area (Å²) in [6.45, 7) is 4.25. The topological polar surface area (TPSA) is 73.9 Å². The monoisotopic (exact) mass is 453 g/mol. The second kappa shape index (κ2) is 9.44. The molecule has 0 heterocycles. The third kappa shape index (κ3) is 5.48. The first-order valence-corrected chi connectivity index (χ1v) is 10.0. The molecule has 0 aliphatic carbocycles. The van der Waals surface area contributed by atoms with Crippen LogP contribution in [0.15, 0.2) is 30.3 Å². The molecular formula is C18H17F5NO5P. The lowest BCUT2D eigenvalue weighted by molar-refractivity contribution is -0.149. The molecule has 1 unspecified atom stereocenters. The van der Waals surface area contributed by atoms with Crippen LogP contribution < -0.4 is 14.1 Å². The van der Waals surface area contributed by atoms with Gasteiger partial charge in [0.05, 0.1) is 6.10 Å². The number of esters is 1. The maximum absolute atomic E-state index is 14.0. The lowest BCUT2D eigenvalue weighted by Gasteiger charge is -2.24. The zero-order valence-corrected chi connectivity index (χ0v) is 16.8. The fourth-order valence-electron chi connectivity index (χ4n) is 2.10. The van der Waals surface area contributed by atoms with E-state index in [0.717, 1.165) is 0 Å². The molecule has 12 heteroatoms. The minimum atomic E-state index is -4.91. The van der Waals surface area contributed by atoms with Crippen LogP contribution in [0.5, 0.6) is 11.5 Å². The predicted molar refractivity (Wildman–Crippen MR) is 95.4 cm³/mol. The average molecular weight is 453 g/mol. The summed E-state index contributed by atoms with van der Waals surface area (Å²) in [5, 5.41) is 2.07. The molecule has 0 aliphatic heterocycles. The summed E-state index contributed by atoms with van der Waals surface area (Å²) in [4.78, 5) is 12.0. The molecule has 1 N–H and O–H groups in total. The molecule has 2 aromatic rings. The molecule has 0 saturated heterocycles. The van der Waals surface area contributed by atoms with Crippen LogP contribution in [0.25, 0.3) is 0 Å². The third-order valence-corrected chi connectivity index (χ3v) is 4.98. The quantitative estimate of drug-likeness (QED) is 0.202. The van der Waals surface area contributed by atoms with Crippen LogP contribution in [-0.2, 0) is 14.1 Å². The molecule has 6 nitrogen and oxygen atoms in total. The van der Waals surface area contributed by atoms with E-state index in [9.17, 15) is 31.3 Å². The Balaban J connectivity index is 2.45. The molecule has 0 aliphatic rings. The molecule has 0 aromatic heterocycles. The fraction of sp³-hybridized carbons (Fsp3) is 0.278. The molecule has 164 valence electrons. The van der Waals surface area contributed by atoms with E-state index in [4.69, 9.17) is 9.26 Å². The van der Waals surface area contributed by atoms with E-state index in [0.29, 0.717) is 0 Å². The van der Waals surface area contributed by atoms with Gasteiger partial charge in [-0.1, -0.05) is 18.2 Å². The highest BCUT2D eigenvalue weighted by molar-refractivity contribution is 7.52. The number of halogens is 5. The number of carbonyl (C=O) groups is 1. The predicted octanol–water partition coefficient (Wildman–Crippen LogP) is 4.88. The minimum Gasteiger partial charge on any atom is -0.462 e. The second-order valence-electron chi connectivity index (χ2n) is 6.23. The Hall–Kier alpha value is -2.65. The van der Waals surface area contributed by atoms with Gasteiger partial charge >= 0.3 is 13.7 Å². The van der Waals surface area contributed by atoms with Crippen LogP contribution in [0, 0.1) is 29.1 Å². The van der Waals surface area contributed by atoms with Crippen molar-refractivity contribution in [1.29, 1.82) is 0 Å². The number of hydrogen-bond acceptors (Lipinski definition) is 5. The molecule has 0 spiro atoms. The lowest BCUT2D eigenvalue weighted by atomic mass is 10.3. The SMILES string of the molecule is CC(C)OC(=O)C(C)N[P@](=O)(Oc1ccccc1)Oc1c(F)c(F)c(F)c(F)c1F. The summed E-state index contributed by atoms with van der Waals surface area (Å²) in [5.41, 5.74) is 0. The smallest absolute Gasteiger partial charge is 0.462 e. The van der Waals surface area contributed by atoms with Crippen molar-refractivity contribution in [3.8, 4) is 11.5 Å². The molecule has 0 bridgehead atoms. The van der Waals surface area contributed by atoms with Crippen molar-refractivity contribution in [2.24, 2.45) is 0 Å². The van der Waals surface area contributed by atoms with Crippen LogP contribution in [0.3, 0.4) is 0 Å². The highest BCUT2D eigenvalue weighted by atomic mass is 31.2. The van der Waals surface area contributed by atoms with E-state index in [2.05, 4.69) is 9.61 Å². The minimum absolute atomic E-state index is 0.137. The Labute approximate surface area is 168 Å². The molecule has 2 rings (SSSR count). The van der Waals surface area contributed by atoms with Crippen molar-refractivity contribution in [2.75, 3.05) is 0 Å². The summed E-state index contributed by atoms with van der Waals surface area (Å²) in [5.74, 6) is -14.6. The van der Waals surface area contributed by atoms with Gasteiger partial charge in [-0.15, -0.1) is 0 Å². The Morgan fingerprint density at radius 1 is 0.867 bits per heavy atom. The number of ether oxygens (including phenoxy) is 1. The summed E-state index contributed by atoms with van der Waals surface area (Å²) in [7, 11) is -4.91. The largest absolute Gasteiger partial charge is 0.513 e. The van der Waals surface area contributed by atoms with Crippen molar-refractivity contribution in [1.82, 2.24) is 5.09 Å². The number of para-hydroxylation sites is 1. The molecule has 0 radical (unpaired) electrons. The van der Waals surface area contributed by atoms with Gasteiger partial charge in [0.1, 0.15) is 11.8 Å². The van der Waals surface area contributed by atoms with Crippen LogP contribution in [-0.4, -0.2) is 18.1 Å². The van der Waals surface area contributed by atoms with Crippen molar-refractivity contribution in [3.63, 3.8) is 0 Å². The normalized spacial score (nSPS) is 14.2. The van der Waals surface area contributed by atoms with Gasteiger partial charge in [-0.2, -0.15) is 13.9 Å². The van der Waals surface area contributed by atoms with Crippen LogP contribution in [0.4, 0.5) is 22.0 Å². The lowest BCUT2D eigenvalue weighted by Crippen LogP contribution is -2.37. The highest BCUT2D eigenvalue weighted by Crippen LogP contribution is 2.47. The van der Waals surface area contributed by atoms with Gasteiger partial charge in [-0.3, -0.25) is 4.79 Å². The van der Waals surface area contributed by atoms with Crippen molar-refractivity contribution < 1.29 is 45.1 Å². The van der Waals surface area contributed by atoms with E-state index in [1.54, 1.807) is 6.07 Å². The van der Waals surface area contributed by atoms with Gasteiger partial charge in [0.2, 0.25) is 34.8 Å². The maximum atomic E-state index is 14.0. The zero-order valence-electron chi connectivity index (χ0n) is 15.9. The Morgan fingerprint density at radius 2 is 1.37 bits per heavy atom. The average Bonchev–Trinajstić information content (AvgIpc) is 2.68. The molecular weight excluding hydrogens is 436 g/mol. The van der Waals surface area contributed by atoms with Gasteiger partial charge in [0.25, 0.3) is 0 Å². The van der Waals surface area contributed by atoms with Gasteiger partial charge in [0, 0.05) is 0 Å². The van der Waals surface area contributed by atoms with Gasteiger partial charge < -0.3 is 13.8 Å².